The van der Waals surface area contributed by atoms with E-state index in [0.717, 1.165) is 9.80 Å². The van der Waals surface area contributed by atoms with Crippen molar-refractivity contribution in [2.75, 3.05) is 26.4 Å². The molecular formula is C32H38N6O12S2. The molecule has 2 N–H and O–H groups in total. The van der Waals surface area contributed by atoms with Gasteiger partial charge < -0.3 is 34.8 Å². The second kappa shape index (κ2) is 13.0. The number of urea groups is 1. The molecule has 18 nitrogen and oxygen atoms in total. The van der Waals surface area contributed by atoms with E-state index in [4.69, 9.17) is 9.47 Å². The first-order chi connectivity index (χ1) is 24.3. The lowest BCUT2D eigenvalue weighted by atomic mass is 9.95. The zero-order chi connectivity index (χ0) is 38.1. The molecule has 52 heavy (non-hydrogen) atoms. The van der Waals surface area contributed by atoms with Gasteiger partial charge in [0.25, 0.3) is 0 Å². The average Bonchev–Trinajstić information content (AvgIpc) is 3.41. The highest BCUT2D eigenvalue weighted by atomic mass is 32.2. The Kier molecular flexibility index (Phi) is 9.30. The Morgan fingerprint density at radius 3 is 2.17 bits per heavy atom. The van der Waals surface area contributed by atoms with Gasteiger partial charge in [-0.3, -0.25) is 28.9 Å². The van der Waals surface area contributed by atoms with Crippen LogP contribution in [0.4, 0.5) is 4.79 Å². The van der Waals surface area contributed by atoms with E-state index in [1.807, 2.05) is 0 Å². The predicted molar refractivity (Wildman–Crippen MR) is 179 cm³/mol. The van der Waals surface area contributed by atoms with Gasteiger partial charge in [0.15, 0.2) is 9.84 Å². The summed E-state index contributed by atoms with van der Waals surface area (Å²) >= 11 is 1.21. The fourth-order valence-electron chi connectivity index (χ4n) is 7.19. The van der Waals surface area contributed by atoms with Gasteiger partial charge in [0.1, 0.15) is 34.9 Å². The Hall–Kier alpha value is -4.72. The maximum atomic E-state index is 13.7. The van der Waals surface area contributed by atoms with Crippen molar-refractivity contribution in [3.8, 4) is 0 Å². The molecule has 5 aliphatic heterocycles. The molecule has 1 aromatic rings. The molecule has 280 valence electrons. The SMILES string of the molecule is CCN1CCN(C(=O)NC(C(=O)N[C@@H]2C(=O)N3[C@@H]2SC(C)(C)[C@@H]3C(=O)OCOC(=O)[C@@H]2N3C(=O)C[C@H]3S(=O)(=O)C2(C)C)c2ccccc2)C(=O)C1=O. The van der Waals surface area contributed by atoms with E-state index in [9.17, 15) is 46.8 Å². The van der Waals surface area contributed by atoms with E-state index < -0.39 is 109 Å². The number of esters is 2. The summed E-state index contributed by atoms with van der Waals surface area (Å²) in [7, 11) is -3.86. The van der Waals surface area contributed by atoms with Crippen molar-refractivity contribution in [1.82, 2.24) is 30.2 Å². The lowest BCUT2D eigenvalue weighted by Crippen LogP contribution is -2.71. The maximum Gasteiger partial charge on any atom is 0.333 e. The number of hydrogen-bond acceptors (Lipinski definition) is 13. The summed E-state index contributed by atoms with van der Waals surface area (Å²) in [6.07, 6.45) is -0.229. The molecule has 0 bridgehead atoms. The third kappa shape index (κ3) is 5.75. The number of hydrogen-bond donors (Lipinski definition) is 2. The van der Waals surface area contributed by atoms with E-state index in [1.165, 1.54) is 35.4 Å². The molecule has 5 aliphatic rings. The van der Waals surface area contributed by atoms with Crippen molar-refractivity contribution in [3.05, 3.63) is 35.9 Å². The first kappa shape index (κ1) is 37.1. The number of amides is 7. The number of fused-ring (bicyclic) bond motifs is 2. The monoisotopic (exact) mass is 762 g/mol. The number of sulfone groups is 1. The highest BCUT2D eigenvalue weighted by Crippen LogP contribution is 2.51. The highest BCUT2D eigenvalue weighted by Gasteiger charge is 2.68. The van der Waals surface area contributed by atoms with E-state index >= 15 is 0 Å². The Bertz CT molecular complexity index is 1870. The molecule has 0 spiro atoms. The van der Waals surface area contributed by atoms with Crippen LogP contribution in [0.1, 0.15) is 52.6 Å². The number of ether oxygens (including phenoxy) is 2. The number of benzene rings is 1. The number of rotatable bonds is 9. The van der Waals surface area contributed by atoms with Gasteiger partial charge in [-0.05, 0) is 40.2 Å². The number of piperazine rings is 1. The number of carbonyl (C=O) groups excluding carboxylic acids is 8. The minimum absolute atomic E-state index is 0.0764. The fourth-order valence-corrected chi connectivity index (χ4v) is 10.9. The molecule has 6 atom stereocenters. The smallest absolute Gasteiger partial charge is 0.333 e. The normalized spacial score (nSPS) is 28.6. The quantitative estimate of drug-likeness (QED) is 0.131. The van der Waals surface area contributed by atoms with Crippen LogP contribution in [0, 0.1) is 0 Å². The fraction of sp³-hybridized carbons (Fsp3) is 0.562. The molecule has 6 rings (SSSR count). The van der Waals surface area contributed by atoms with Crippen LogP contribution in [0.25, 0.3) is 0 Å². The molecule has 1 unspecified atom stereocenters. The molecule has 0 aliphatic carbocycles. The largest absolute Gasteiger partial charge is 0.426 e. The van der Waals surface area contributed by atoms with Gasteiger partial charge in [-0.1, -0.05) is 30.3 Å². The number of carbonyl (C=O) groups is 8. The molecule has 0 aromatic heterocycles. The number of nitrogens with one attached hydrogen (secondary N) is 2. The van der Waals surface area contributed by atoms with Crippen LogP contribution >= 0.6 is 11.8 Å². The number of nitrogens with zero attached hydrogens (tertiary/aromatic N) is 4. The summed E-state index contributed by atoms with van der Waals surface area (Å²) < 4.78 is 33.4. The maximum absolute atomic E-state index is 13.7. The molecule has 1 aromatic carbocycles. The van der Waals surface area contributed by atoms with E-state index in [2.05, 4.69) is 10.6 Å². The minimum atomic E-state index is -3.86. The topological polar surface area (TPSA) is 226 Å². The van der Waals surface area contributed by atoms with Gasteiger partial charge >= 0.3 is 29.8 Å². The number of imide groups is 1. The predicted octanol–water partition coefficient (Wildman–Crippen LogP) is -1.15. The summed E-state index contributed by atoms with van der Waals surface area (Å²) in [5.41, 5.74) is 0.339. The Labute approximate surface area is 302 Å². The van der Waals surface area contributed by atoms with Crippen LogP contribution in [0.15, 0.2) is 30.3 Å². The molecule has 7 amide bonds. The van der Waals surface area contributed by atoms with Crippen LogP contribution in [0.5, 0.6) is 0 Å². The summed E-state index contributed by atoms with van der Waals surface area (Å²) in [6, 6.07) is 2.07. The van der Waals surface area contributed by atoms with Crippen LogP contribution in [-0.2, 0) is 52.9 Å². The van der Waals surface area contributed by atoms with Crippen LogP contribution in [0.3, 0.4) is 0 Å². The second-order valence-electron chi connectivity index (χ2n) is 13.9. The van der Waals surface area contributed by atoms with Gasteiger partial charge in [-0.15, -0.1) is 11.8 Å². The Balaban J connectivity index is 1.09. The van der Waals surface area contributed by atoms with Crippen LogP contribution in [-0.4, -0.2) is 140 Å². The van der Waals surface area contributed by atoms with Crippen molar-refractivity contribution in [2.45, 2.75) is 85.4 Å². The average molecular weight is 763 g/mol. The van der Waals surface area contributed by atoms with Gasteiger partial charge in [-0.2, -0.15) is 0 Å². The molecular weight excluding hydrogens is 725 g/mol. The third-order valence-electron chi connectivity index (χ3n) is 10.2. The van der Waals surface area contributed by atoms with E-state index in [1.54, 1.807) is 51.1 Å². The van der Waals surface area contributed by atoms with Gasteiger partial charge in [0, 0.05) is 24.4 Å². The molecule has 5 fully saturated rings. The minimum Gasteiger partial charge on any atom is -0.426 e. The van der Waals surface area contributed by atoms with Gasteiger partial charge in [0.2, 0.25) is 24.5 Å². The lowest BCUT2D eigenvalue weighted by Gasteiger charge is -2.44. The van der Waals surface area contributed by atoms with E-state index in [-0.39, 0.29) is 19.5 Å². The lowest BCUT2D eigenvalue weighted by molar-refractivity contribution is -0.181. The van der Waals surface area contributed by atoms with Gasteiger partial charge in [0.05, 0.1) is 11.2 Å². The zero-order valence-corrected chi connectivity index (χ0v) is 30.5. The van der Waals surface area contributed by atoms with Crippen LogP contribution in [0.2, 0.25) is 0 Å². The molecule has 20 heteroatoms. The Morgan fingerprint density at radius 2 is 1.56 bits per heavy atom. The van der Waals surface area contributed by atoms with Gasteiger partial charge in [-0.25, -0.2) is 22.8 Å². The number of likely N-dealkylation sites (N-methyl/N-ethyl adjacent to an activating group) is 1. The second-order valence-corrected chi connectivity index (χ2v) is 18.4. The van der Waals surface area contributed by atoms with Crippen LogP contribution < -0.4 is 10.6 Å². The summed E-state index contributed by atoms with van der Waals surface area (Å²) in [5.74, 6) is -5.76. The third-order valence-corrected chi connectivity index (χ3v) is 14.5. The van der Waals surface area contributed by atoms with Crippen molar-refractivity contribution in [3.63, 3.8) is 0 Å². The Morgan fingerprint density at radius 1 is 0.923 bits per heavy atom. The zero-order valence-electron chi connectivity index (χ0n) is 28.9. The molecule has 0 saturated carbocycles. The van der Waals surface area contributed by atoms with Crippen molar-refractivity contribution >= 4 is 69.1 Å². The first-order valence-corrected chi connectivity index (χ1v) is 18.9. The first-order valence-electron chi connectivity index (χ1n) is 16.5. The van der Waals surface area contributed by atoms with Crippen molar-refractivity contribution < 1.29 is 56.2 Å². The number of β-lactam (4-membered cyclic amide) rings is 2. The number of thioether (sulfide) groups is 1. The van der Waals surface area contributed by atoms with Crippen molar-refractivity contribution in [2.24, 2.45) is 0 Å². The summed E-state index contributed by atoms with van der Waals surface area (Å²) in [5, 5.41) is 3.32. The molecule has 5 heterocycles. The van der Waals surface area contributed by atoms with E-state index in [0.29, 0.717) is 12.1 Å². The summed E-state index contributed by atoms with van der Waals surface area (Å²) in [6.45, 7) is 7.16. The highest BCUT2D eigenvalue weighted by molar-refractivity contribution is 8.01. The van der Waals surface area contributed by atoms with Crippen molar-refractivity contribution in [1.29, 1.82) is 0 Å². The summed E-state index contributed by atoms with van der Waals surface area (Å²) in [4.78, 5) is 108. The standard InChI is InChI=1S/C32H38N6O12S2/c1-6-35-12-13-36(26(43)25(35)42)30(46)34-19(16-10-8-7-9-11-16)23(40)33-20-24(41)38-21(31(2,3)51-27(20)38)28(44)49-15-50-29(45)22-32(4,5)52(47,48)18-14-17(39)37(18)22/h7-11,18-22,27H,6,12-15H2,1-5H3,(H,33,40)(H,34,46)/t18-,19?,20-,21+,22+,27-/m1/s1. The molecule has 0 radical (unpaired) electrons. The molecule has 5 saturated heterocycles.